The van der Waals surface area contributed by atoms with Crippen molar-refractivity contribution in [2.24, 2.45) is 5.92 Å². The summed E-state index contributed by atoms with van der Waals surface area (Å²) >= 11 is 5.96. The van der Waals surface area contributed by atoms with Crippen LogP contribution in [0.25, 0.3) is 11.3 Å². The molecular formula is C22H20ClN5O2. The van der Waals surface area contributed by atoms with E-state index in [0.717, 1.165) is 17.7 Å². The summed E-state index contributed by atoms with van der Waals surface area (Å²) in [5.74, 6) is 0.884. The lowest BCUT2D eigenvalue weighted by atomic mass is 9.86. The second kappa shape index (κ2) is 8.59. The van der Waals surface area contributed by atoms with Crippen LogP contribution in [0.1, 0.15) is 12.6 Å². The first-order chi connectivity index (χ1) is 14.5. The maximum absolute atomic E-state index is 11.8. The van der Waals surface area contributed by atoms with Gasteiger partial charge in [-0.3, -0.25) is 9.78 Å². The van der Waals surface area contributed by atoms with Crippen LogP contribution in [0.4, 0.5) is 0 Å². The molecule has 0 spiro atoms. The van der Waals surface area contributed by atoms with Gasteiger partial charge in [-0.25, -0.2) is 15.0 Å². The van der Waals surface area contributed by atoms with Crippen LogP contribution in [0.2, 0.25) is 5.02 Å². The summed E-state index contributed by atoms with van der Waals surface area (Å²) in [4.78, 5) is 31.1. The van der Waals surface area contributed by atoms with Crippen LogP contribution in [0, 0.1) is 5.92 Å². The van der Waals surface area contributed by atoms with Crippen LogP contribution in [-0.4, -0.2) is 43.3 Å². The third-order valence-electron chi connectivity index (χ3n) is 5.15. The van der Waals surface area contributed by atoms with Gasteiger partial charge in [0.15, 0.2) is 0 Å². The molecule has 30 heavy (non-hydrogen) atoms. The Hall–Kier alpha value is -3.32. The van der Waals surface area contributed by atoms with E-state index < -0.39 is 0 Å². The van der Waals surface area contributed by atoms with E-state index in [-0.39, 0.29) is 18.0 Å². The molecule has 0 N–H and O–H groups in total. The lowest BCUT2D eigenvalue weighted by Gasteiger charge is -2.46. The molecule has 1 amide bonds. The van der Waals surface area contributed by atoms with Crippen molar-refractivity contribution < 1.29 is 9.53 Å². The smallest absolute Gasteiger partial charge is 0.321 e. The summed E-state index contributed by atoms with van der Waals surface area (Å²) in [7, 11) is 0. The van der Waals surface area contributed by atoms with Gasteiger partial charge in [-0.2, -0.15) is 0 Å². The van der Waals surface area contributed by atoms with Crippen LogP contribution >= 0.6 is 11.6 Å². The Balaban J connectivity index is 1.42. The lowest BCUT2D eigenvalue weighted by molar-refractivity contribution is -0.137. The molecule has 8 heteroatoms. The standard InChI is InChI=1S/C22H20ClN5O2/c1-3-21(29)28-13-15(14(28)2)7-18-11-24-12-20(27-18)16-9-25-22(26-10-16)30-19-6-4-5-17(23)8-19/h3-6,8-12,14-15H,1,7,13H2,2H3/t14-,15+/m0/s1. The van der Waals surface area contributed by atoms with Crippen LogP contribution < -0.4 is 4.74 Å². The highest BCUT2D eigenvalue weighted by Gasteiger charge is 2.37. The number of ether oxygens (including phenoxy) is 1. The number of halogens is 1. The summed E-state index contributed by atoms with van der Waals surface area (Å²) in [6, 6.07) is 7.42. The van der Waals surface area contributed by atoms with Crippen LogP contribution in [0.15, 0.2) is 61.7 Å². The highest BCUT2D eigenvalue weighted by molar-refractivity contribution is 6.30. The Labute approximate surface area is 179 Å². The van der Waals surface area contributed by atoms with E-state index >= 15 is 0 Å². The molecule has 1 fully saturated rings. The van der Waals surface area contributed by atoms with Gasteiger partial charge < -0.3 is 9.64 Å². The number of carbonyl (C=O) groups excluding carboxylic acids is 1. The molecule has 0 radical (unpaired) electrons. The molecule has 2 aromatic heterocycles. The van der Waals surface area contributed by atoms with Crippen molar-refractivity contribution in [1.29, 1.82) is 0 Å². The number of hydrogen-bond donors (Lipinski definition) is 0. The van der Waals surface area contributed by atoms with Gasteiger partial charge in [0, 0.05) is 47.7 Å². The van der Waals surface area contributed by atoms with E-state index in [1.165, 1.54) is 6.08 Å². The number of aromatic nitrogens is 4. The molecule has 3 aromatic rings. The van der Waals surface area contributed by atoms with E-state index in [9.17, 15) is 4.79 Å². The van der Waals surface area contributed by atoms with Crippen molar-refractivity contribution in [3.05, 3.63) is 72.4 Å². The molecule has 152 valence electrons. The summed E-state index contributed by atoms with van der Waals surface area (Å²) < 4.78 is 5.62. The zero-order valence-electron chi connectivity index (χ0n) is 16.4. The van der Waals surface area contributed by atoms with Crippen molar-refractivity contribution in [2.45, 2.75) is 19.4 Å². The molecule has 3 heterocycles. The SMILES string of the molecule is C=CC(=O)N1C[C@@H](Cc2cncc(-c3cnc(Oc4cccc(Cl)c4)nc3)n2)[C@@H]1C. The Morgan fingerprint density at radius 3 is 2.80 bits per heavy atom. The molecule has 7 nitrogen and oxygen atoms in total. The van der Waals surface area contributed by atoms with E-state index in [1.807, 2.05) is 6.92 Å². The molecule has 1 aliphatic heterocycles. The van der Waals surface area contributed by atoms with Gasteiger partial charge in [0.05, 0.1) is 17.6 Å². The van der Waals surface area contributed by atoms with Crippen molar-refractivity contribution in [1.82, 2.24) is 24.8 Å². The predicted molar refractivity (Wildman–Crippen MR) is 113 cm³/mol. The van der Waals surface area contributed by atoms with Gasteiger partial charge in [0.25, 0.3) is 0 Å². The zero-order valence-corrected chi connectivity index (χ0v) is 17.2. The van der Waals surface area contributed by atoms with E-state index in [0.29, 0.717) is 28.9 Å². The Morgan fingerprint density at radius 2 is 2.10 bits per heavy atom. The quantitative estimate of drug-likeness (QED) is 0.560. The first-order valence-electron chi connectivity index (χ1n) is 9.53. The topological polar surface area (TPSA) is 81.1 Å². The molecule has 1 aliphatic rings. The first-order valence-corrected chi connectivity index (χ1v) is 9.91. The number of hydrogen-bond acceptors (Lipinski definition) is 6. The highest BCUT2D eigenvalue weighted by Crippen LogP contribution is 2.28. The fourth-order valence-electron chi connectivity index (χ4n) is 3.38. The molecular weight excluding hydrogens is 402 g/mol. The number of carbonyl (C=O) groups is 1. The van der Waals surface area contributed by atoms with E-state index in [2.05, 4.69) is 21.5 Å². The number of benzene rings is 1. The fraction of sp³-hybridized carbons (Fsp3) is 0.227. The highest BCUT2D eigenvalue weighted by atomic mass is 35.5. The molecule has 0 saturated carbocycles. The maximum Gasteiger partial charge on any atom is 0.321 e. The number of rotatable bonds is 6. The fourth-order valence-corrected chi connectivity index (χ4v) is 3.56. The second-order valence-corrected chi connectivity index (χ2v) is 7.55. The average Bonchev–Trinajstić information content (AvgIpc) is 2.76. The molecule has 0 bridgehead atoms. The average molecular weight is 422 g/mol. The Bertz CT molecular complexity index is 1070. The van der Waals surface area contributed by atoms with Gasteiger partial charge in [0.1, 0.15) is 5.75 Å². The molecule has 2 atom stereocenters. The summed E-state index contributed by atoms with van der Waals surface area (Å²) in [6.07, 6.45) is 8.84. The Morgan fingerprint density at radius 1 is 1.30 bits per heavy atom. The molecule has 4 rings (SSSR count). The monoisotopic (exact) mass is 421 g/mol. The van der Waals surface area contributed by atoms with Crippen molar-refractivity contribution in [3.8, 4) is 23.0 Å². The number of likely N-dealkylation sites (tertiary alicyclic amines) is 1. The van der Waals surface area contributed by atoms with Crippen molar-refractivity contribution in [2.75, 3.05) is 6.54 Å². The summed E-state index contributed by atoms with van der Waals surface area (Å²) in [5.41, 5.74) is 2.30. The molecule has 1 aromatic carbocycles. The maximum atomic E-state index is 11.8. The van der Waals surface area contributed by atoms with Crippen molar-refractivity contribution in [3.63, 3.8) is 0 Å². The third kappa shape index (κ3) is 4.31. The van der Waals surface area contributed by atoms with E-state index in [1.54, 1.807) is 54.0 Å². The Kier molecular flexibility index (Phi) is 5.72. The first kappa shape index (κ1) is 20.0. The van der Waals surface area contributed by atoms with Gasteiger partial charge in [-0.05, 0) is 37.6 Å². The van der Waals surface area contributed by atoms with Crippen LogP contribution in [0.5, 0.6) is 11.8 Å². The number of amides is 1. The summed E-state index contributed by atoms with van der Waals surface area (Å²) in [5, 5.41) is 0.578. The zero-order chi connectivity index (χ0) is 21.1. The van der Waals surface area contributed by atoms with E-state index in [4.69, 9.17) is 21.3 Å². The molecule has 0 unspecified atom stereocenters. The van der Waals surface area contributed by atoms with Gasteiger partial charge in [0.2, 0.25) is 5.91 Å². The third-order valence-corrected chi connectivity index (χ3v) is 5.38. The minimum absolute atomic E-state index is 0.0317. The van der Waals surface area contributed by atoms with Gasteiger partial charge >= 0.3 is 6.01 Å². The lowest BCUT2D eigenvalue weighted by Crippen LogP contribution is -2.57. The normalized spacial score (nSPS) is 17.9. The predicted octanol–water partition coefficient (Wildman–Crippen LogP) is 3.95. The molecule has 1 saturated heterocycles. The van der Waals surface area contributed by atoms with Gasteiger partial charge in [-0.1, -0.05) is 24.2 Å². The minimum Gasteiger partial charge on any atom is -0.424 e. The summed E-state index contributed by atoms with van der Waals surface area (Å²) in [6.45, 7) is 6.29. The van der Waals surface area contributed by atoms with Crippen LogP contribution in [-0.2, 0) is 11.2 Å². The van der Waals surface area contributed by atoms with Crippen molar-refractivity contribution >= 4 is 17.5 Å². The van der Waals surface area contributed by atoms with Gasteiger partial charge in [-0.15, -0.1) is 0 Å². The largest absolute Gasteiger partial charge is 0.424 e. The molecule has 0 aliphatic carbocycles. The van der Waals surface area contributed by atoms with Crippen LogP contribution in [0.3, 0.4) is 0 Å². The minimum atomic E-state index is -0.0317. The number of nitrogens with zero attached hydrogens (tertiary/aromatic N) is 5. The second-order valence-electron chi connectivity index (χ2n) is 7.11.